The molecule has 0 atom stereocenters. The Bertz CT molecular complexity index is 222. The van der Waals surface area contributed by atoms with Crippen LogP contribution in [0, 0.1) is 6.92 Å². The maximum Gasteiger partial charge on any atom is 0.254 e. The molecule has 0 aromatic carbocycles. The zero-order valence-corrected chi connectivity index (χ0v) is 6.69. The summed E-state index contributed by atoms with van der Waals surface area (Å²) < 4.78 is 1.58. The summed E-state index contributed by atoms with van der Waals surface area (Å²) in [5.41, 5.74) is 2.87. The van der Waals surface area contributed by atoms with E-state index in [1.807, 2.05) is 12.4 Å². The molecule has 0 unspecified atom stereocenters. The number of aliphatic hydroxyl groups is 1. The molecule has 0 saturated heterocycles. The van der Waals surface area contributed by atoms with Crippen LogP contribution >= 0.6 is 11.3 Å². The molecule has 1 heterocycles. The summed E-state index contributed by atoms with van der Waals surface area (Å²) in [4.78, 5) is 1.16. The van der Waals surface area contributed by atoms with Crippen molar-refractivity contribution in [3.05, 3.63) is 16.1 Å². The molecule has 0 amide bonds. The lowest BCUT2D eigenvalue weighted by Gasteiger charge is -1.87. The van der Waals surface area contributed by atoms with Gasteiger partial charge in [0.25, 0.3) is 5.51 Å². The molecule has 0 aliphatic carbocycles. The number of nitrogens with zero attached hydrogens (tertiary/aromatic N) is 1. The minimum Gasteiger partial charge on any atom is -0.396 e. The van der Waals surface area contributed by atoms with E-state index in [0.29, 0.717) is 6.42 Å². The van der Waals surface area contributed by atoms with Crippen LogP contribution in [0.4, 0.5) is 0 Å². The summed E-state index contributed by atoms with van der Waals surface area (Å²) >= 11 is 1.58. The Morgan fingerprint density at radius 2 is 2.50 bits per heavy atom. The predicted octanol–water partition coefficient (Wildman–Crippen LogP) is -0.407. The van der Waals surface area contributed by atoms with Crippen LogP contribution in [-0.2, 0) is 6.42 Å². The molecule has 1 rings (SSSR count). The van der Waals surface area contributed by atoms with Crippen LogP contribution in [-0.4, -0.2) is 11.7 Å². The first-order valence-corrected chi connectivity index (χ1v) is 3.98. The molecule has 56 valence electrons. The second-order valence-corrected chi connectivity index (χ2v) is 3.05. The summed E-state index contributed by atoms with van der Waals surface area (Å²) in [5, 5.41) is 8.61. The van der Waals surface area contributed by atoms with Crippen molar-refractivity contribution in [2.75, 3.05) is 12.4 Å². The first kappa shape index (κ1) is 7.50. The van der Waals surface area contributed by atoms with Crippen LogP contribution in [0.1, 0.15) is 10.6 Å². The fourth-order valence-electron chi connectivity index (χ4n) is 0.770. The summed E-state index contributed by atoms with van der Waals surface area (Å²) in [6.07, 6.45) is 0.709. The number of nitrogen functional groups attached to an aromatic ring is 1. The van der Waals surface area contributed by atoms with Gasteiger partial charge in [-0.15, -0.1) is 0 Å². The first-order chi connectivity index (χ1) is 4.75. The van der Waals surface area contributed by atoms with Gasteiger partial charge in [0.1, 0.15) is 0 Å². The smallest absolute Gasteiger partial charge is 0.254 e. The molecule has 0 radical (unpaired) electrons. The zero-order chi connectivity index (χ0) is 7.56. The summed E-state index contributed by atoms with van der Waals surface area (Å²) in [6.45, 7) is 2.14. The molecule has 0 aliphatic rings. The van der Waals surface area contributed by atoms with E-state index in [2.05, 4.69) is 0 Å². The van der Waals surface area contributed by atoms with Gasteiger partial charge in [0.2, 0.25) is 5.69 Å². The van der Waals surface area contributed by atoms with Crippen molar-refractivity contribution in [2.45, 2.75) is 13.3 Å². The van der Waals surface area contributed by atoms with E-state index in [9.17, 15) is 0 Å². The van der Waals surface area contributed by atoms with E-state index in [-0.39, 0.29) is 6.61 Å². The zero-order valence-electron chi connectivity index (χ0n) is 5.87. The first-order valence-electron chi connectivity index (χ1n) is 3.10. The third-order valence-corrected chi connectivity index (χ3v) is 2.55. The van der Waals surface area contributed by atoms with Gasteiger partial charge in [0, 0.05) is 20.0 Å². The number of hydrogen-bond acceptors (Lipinski definition) is 3. The average molecular weight is 159 g/mol. The molecule has 4 heteroatoms. The number of rotatable bonds is 2. The van der Waals surface area contributed by atoms with Crippen LogP contribution in [0.3, 0.4) is 0 Å². The van der Waals surface area contributed by atoms with Crippen LogP contribution in [0.2, 0.25) is 0 Å². The van der Waals surface area contributed by atoms with Crippen molar-refractivity contribution in [3.63, 3.8) is 0 Å². The molecule has 1 aromatic heterocycles. The summed E-state index contributed by atoms with van der Waals surface area (Å²) in [5.74, 6) is 5.52. The highest BCUT2D eigenvalue weighted by Crippen LogP contribution is 2.09. The minimum absolute atomic E-state index is 0.196. The minimum atomic E-state index is 0.196. The molecule has 3 N–H and O–H groups in total. The van der Waals surface area contributed by atoms with Crippen molar-refractivity contribution in [2.24, 2.45) is 0 Å². The lowest BCUT2D eigenvalue weighted by atomic mass is 10.3. The van der Waals surface area contributed by atoms with Crippen LogP contribution in [0.5, 0.6) is 0 Å². The monoisotopic (exact) mass is 159 g/mol. The highest BCUT2D eigenvalue weighted by atomic mass is 32.1. The van der Waals surface area contributed by atoms with Gasteiger partial charge in [0.05, 0.1) is 4.88 Å². The number of thiazole rings is 1. The Kier molecular flexibility index (Phi) is 2.24. The van der Waals surface area contributed by atoms with Crippen molar-refractivity contribution in [1.82, 2.24) is 0 Å². The third kappa shape index (κ3) is 1.27. The van der Waals surface area contributed by atoms with Gasteiger partial charge in [-0.1, -0.05) is 16.0 Å². The van der Waals surface area contributed by atoms with Gasteiger partial charge in [0.15, 0.2) is 0 Å². The third-order valence-electron chi connectivity index (χ3n) is 1.44. The van der Waals surface area contributed by atoms with Gasteiger partial charge >= 0.3 is 0 Å². The molecule has 3 nitrogen and oxygen atoms in total. The standard InChI is InChI=1S/C6H11N2OS/c1-5-6(2-3-9)10-4-8(5)7/h4,9H,2-3,7H2,1H3/q+1. The Morgan fingerprint density at radius 3 is 2.90 bits per heavy atom. The highest BCUT2D eigenvalue weighted by molar-refractivity contribution is 7.09. The maximum absolute atomic E-state index is 8.61. The van der Waals surface area contributed by atoms with E-state index >= 15 is 0 Å². The Labute approximate surface area is 63.7 Å². The van der Waals surface area contributed by atoms with E-state index in [4.69, 9.17) is 10.9 Å². The van der Waals surface area contributed by atoms with Gasteiger partial charge < -0.3 is 5.11 Å². The van der Waals surface area contributed by atoms with E-state index < -0.39 is 0 Å². The lowest BCUT2D eigenvalue weighted by molar-refractivity contribution is -0.640. The Balaban J connectivity index is 2.83. The molecule has 1 aromatic rings. The number of nitrogens with two attached hydrogens (primary N) is 1. The number of hydrogen-bond donors (Lipinski definition) is 2. The topological polar surface area (TPSA) is 50.1 Å². The van der Waals surface area contributed by atoms with Crippen LogP contribution in [0.15, 0.2) is 5.51 Å². The van der Waals surface area contributed by atoms with Crippen molar-refractivity contribution >= 4 is 11.3 Å². The molecule has 0 fully saturated rings. The Hall–Kier alpha value is -0.610. The maximum atomic E-state index is 8.61. The summed E-state index contributed by atoms with van der Waals surface area (Å²) in [7, 11) is 0. The fraction of sp³-hybridized carbons (Fsp3) is 0.500. The van der Waals surface area contributed by atoms with Gasteiger partial charge in [-0.3, -0.25) is 0 Å². The second kappa shape index (κ2) is 2.98. The summed E-state index contributed by atoms with van der Waals surface area (Å²) in [6, 6.07) is 0. The number of aliphatic hydroxyl groups excluding tert-OH is 1. The molecule has 0 saturated carbocycles. The Morgan fingerprint density at radius 1 is 1.80 bits per heavy atom. The molecular formula is C6H11N2OS+. The molecule has 0 aliphatic heterocycles. The van der Waals surface area contributed by atoms with Gasteiger partial charge in [-0.05, 0) is 0 Å². The highest BCUT2D eigenvalue weighted by Gasteiger charge is 2.10. The molecular weight excluding hydrogens is 148 g/mol. The fourth-order valence-corrected chi connectivity index (χ4v) is 1.65. The molecule has 10 heavy (non-hydrogen) atoms. The second-order valence-electron chi connectivity index (χ2n) is 2.11. The van der Waals surface area contributed by atoms with Crippen LogP contribution in [0.25, 0.3) is 0 Å². The van der Waals surface area contributed by atoms with Crippen LogP contribution < -0.4 is 10.5 Å². The van der Waals surface area contributed by atoms with E-state index in [0.717, 1.165) is 10.6 Å². The quantitative estimate of drug-likeness (QED) is 0.455. The van der Waals surface area contributed by atoms with Crippen molar-refractivity contribution in [1.29, 1.82) is 0 Å². The number of aromatic nitrogens is 1. The van der Waals surface area contributed by atoms with E-state index in [1.54, 1.807) is 16.0 Å². The predicted molar refractivity (Wildman–Crippen MR) is 40.2 cm³/mol. The largest absolute Gasteiger partial charge is 0.396 e. The van der Waals surface area contributed by atoms with Gasteiger partial charge in [-0.25, -0.2) is 5.84 Å². The normalized spacial score (nSPS) is 10.2. The average Bonchev–Trinajstić information content (AvgIpc) is 2.20. The molecule has 0 spiro atoms. The lowest BCUT2D eigenvalue weighted by Crippen LogP contribution is -2.44. The molecule has 0 bridgehead atoms. The SMILES string of the molecule is Cc1c(CCO)sc[n+]1N. The van der Waals surface area contributed by atoms with Crippen molar-refractivity contribution in [3.8, 4) is 0 Å². The van der Waals surface area contributed by atoms with Gasteiger partial charge in [-0.2, -0.15) is 0 Å². The van der Waals surface area contributed by atoms with Crippen molar-refractivity contribution < 1.29 is 9.78 Å². The van der Waals surface area contributed by atoms with E-state index in [1.165, 1.54) is 0 Å².